The number of sulfonamides is 1. The number of carbonyl (C=O) groups is 1. The largest absolute Gasteiger partial charge is 0.493 e. The number of nitrogens with one attached hydrogen (secondary N) is 2. The SMILES string of the molecule is CCCOc1ccccc1C(=O)NC(=S)Nc1ccc(S(=O)(=O)N2CCOCC2)cc1. The van der Waals surface area contributed by atoms with Crippen LogP contribution in [0.1, 0.15) is 23.7 Å². The van der Waals surface area contributed by atoms with Gasteiger partial charge in [0.2, 0.25) is 10.0 Å². The van der Waals surface area contributed by atoms with Gasteiger partial charge in [-0.1, -0.05) is 19.1 Å². The van der Waals surface area contributed by atoms with Crippen molar-refractivity contribution in [3.8, 4) is 5.75 Å². The molecule has 0 aliphatic carbocycles. The minimum atomic E-state index is -3.57. The number of morpholine rings is 1. The van der Waals surface area contributed by atoms with Gasteiger partial charge in [0.15, 0.2) is 5.11 Å². The number of hydrogen-bond donors (Lipinski definition) is 2. The van der Waals surface area contributed by atoms with Crippen LogP contribution >= 0.6 is 12.2 Å². The maximum atomic E-state index is 12.7. The fraction of sp³-hybridized carbons (Fsp3) is 0.333. The lowest BCUT2D eigenvalue weighted by molar-refractivity contribution is 0.0730. The third-order valence-corrected chi connectivity index (χ3v) is 6.66. The fourth-order valence-electron chi connectivity index (χ4n) is 2.97. The van der Waals surface area contributed by atoms with Crippen LogP contribution in [0.4, 0.5) is 5.69 Å². The van der Waals surface area contributed by atoms with Crippen LogP contribution in [0.15, 0.2) is 53.4 Å². The highest BCUT2D eigenvalue weighted by atomic mass is 32.2. The van der Waals surface area contributed by atoms with Crippen LogP contribution in [0, 0.1) is 0 Å². The maximum Gasteiger partial charge on any atom is 0.261 e. The van der Waals surface area contributed by atoms with Gasteiger partial charge in [0.25, 0.3) is 5.91 Å². The Morgan fingerprint density at radius 2 is 1.81 bits per heavy atom. The van der Waals surface area contributed by atoms with Crippen LogP contribution in [0.5, 0.6) is 5.75 Å². The number of para-hydroxylation sites is 1. The summed E-state index contributed by atoms with van der Waals surface area (Å²) in [5.41, 5.74) is 0.939. The van der Waals surface area contributed by atoms with Gasteiger partial charge >= 0.3 is 0 Å². The standard InChI is InChI=1S/C21H25N3O5S2/c1-2-13-29-19-6-4-3-5-18(19)20(25)23-21(30)22-16-7-9-17(10-8-16)31(26,27)24-11-14-28-15-12-24/h3-10H,2,11-15H2,1H3,(H2,22,23,25,30). The number of amides is 1. The summed E-state index contributed by atoms with van der Waals surface area (Å²) in [4.78, 5) is 12.8. The Labute approximate surface area is 187 Å². The molecule has 0 radical (unpaired) electrons. The molecule has 0 aromatic heterocycles. The van der Waals surface area contributed by atoms with E-state index in [0.29, 0.717) is 49.9 Å². The average Bonchev–Trinajstić information content (AvgIpc) is 2.78. The predicted octanol–water partition coefficient (Wildman–Crippen LogP) is 2.62. The highest BCUT2D eigenvalue weighted by Gasteiger charge is 2.26. The molecule has 1 saturated heterocycles. The molecule has 31 heavy (non-hydrogen) atoms. The van der Waals surface area contributed by atoms with E-state index in [1.807, 2.05) is 6.92 Å². The van der Waals surface area contributed by atoms with Gasteiger partial charge < -0.3 is 14.8 Å². The Morgan fingerprint density at radius 1 is 1.13 bits per heavy atom. The van der Waals surface area contributed by atoms with Gasteiger partial charge in [-0.2, -0.15) is 4.31 Å². The highest BCUT2D eigenvalue weighted by Crippen LogP contribution is 2.20. The van der Waals surface area contributed by atoms with Gasteiger partial charge in [-0.15, -0.1) is 0 Å². The topological polar surface area (TPSA) is 97.0 Å². The summed E-state index contributed by atoms with van der Waals surface area (Å²) in [5, 5.41) is 5.61. The van der Waals surface area contributed by atoms with Crippen molar-refractivity contribution in [3.05, 3.63) is 54.1 Å². The highest BCUT2D eigenvalue weighted by molar-refractivity contribution is 7.89. The summed E-state index contributed by atoms with van der Waals surface area (Å²) in [7, 11) is -3.57. The van der Waals surface area contributed by atoms with E-state index in [0.717, 1.165) is 6.42 Å². The fourth-order valence-corrected chi connectivity index (χ4v) is 4.59. The van der Waals surface area contributed by atoms with E-state index in [1.54, 1.807) is 36.4 Å². The summed E-state index contributed by atoms with van der Waals surface area (Å²) < 4.78 is 37.6. The Balaban J connectivity index is 1.62. The van der Waals surface area contributed by atoms with Gasteiger partial charge in [0, 0.05) is 18.8 Å². The summed E-state index contributed by atoms with van der Waals surface area (Å²) in [6, 6.07) is 13.1. The smallest absolute Gasteiger partial charge is 0.261 e. The number of thiocarbonyl (C=S) groups is 1. The molecule has 1 heterocycles. The number of anilines is 1. The van der Waals surface area contributed by atoms with Crippen molar-refractivity contribution in [3.63, 3.8) is 0 Å². The molecular weight excluding hydrogens is 438 g/mol. The lowest BCUT2D eigenvalue weighted by Crippen LogP contribution is -2.40. The van der Waals surface area contributed by atoms with Gasteiger partial charge in [0.05, 0.1) is 30.3 Å². The Hall–Kier alpha value is -2.53. The molecule has 3 rings (SSSR count). The first kappa shape index (κ1) is 23.1. The molecule has 1 aliphatic heterocycles. The molecule has 2 aromatic carbocycles. The number of hydrogen-bond acceptors (Lipinski definition) is 6. The molecule has 10 heteroatoms. The zero-order valence-electron chi connectivity index (χ0n) is 17.2. The van der Waals surface area contributed by atoms with Gasteiger partial charge in [0.1, 0.15) is 5.75 Å². The molecular formula is C21H25N3O5S2. The molecule has 2 N–H and O–H groups in total. The molecule has 8 nitrogen and oxygen atoms in total. The number of nitrogens with zero attached hydrogens (tertiary/aromatic N) is 1. The van der Waals surface area contributed by atoms with Crippen LogP contribution in [-0.2, 0) is 14.8 Å². The second kappa shape index (κ2) is 10.7. The monoisotopic (exact) mass is 463 g/mol. The Bertz CT molecular complexity index is 1020. The predicted molar refractivity (Wildman–Crippen MR) is 122 cm³/mol. The zero-order chi connectivity index (χ0) is 22.3. The summed E-state index contributed by atoms with van der Waals surface area (Å²) >= 11 is 5.23. The molecule has 1 amide bonds. The third-order valence-electron chi connectivity index (χ3n) is 4.54. The molecule has 0 bridgehead atoms. The first-order valence-electron chi connectivity index (χ1n) is 9.94. The number of rotatable bonds is 7. The minimum Gasteiger partial charge on any atom is -0.493 e. The molecule has 166 valence electrons. The van der Waals surface area contributed by atoms with Crippen molar-refractivity contribution in [2.24, 2.45) is 0 Å². The van der Waals surface area contributed by atoms with Crippen molar-refractivity contribution < 1.29 is 22.7 Å². The summed E-state index contributed by atoms with van der Waals surface area (Å²) in [5.74, 6) is 0.0954. The van der Waals surface area contributed by atoms with Crippen LogP contribution in [0.25, 0.3) is 0 Å². The maximum absolute atomic E-state index is 12.7. The first-order chi connectivity index (χ1) is 14.9. The van der Waals surface area contributed by atoms with E-state index in [1.165, 1.54) is 16.4 Å². The van der Waals surface area contributed by atoms with Crippen molar-refractivity contribution in [1.29, 1.82) is 0 Å². The van der Waals surface area contributed by atoms with E-state index >= 15 is 0 Å². The molecule has 0 spiro atoms. The summed E-state index contributed by atoms with van der Waals surface area (Å²) in [6.45, 7) is 3.94. The number of benzene rings is 2. The van der Waals surface area contributed by atoms with Crippen molar-refractivity contribution in [2.45, 2.75) is 18.2 Å². The van der Waals surface area contributed by atoms with E-state index in [4.69, 9.17) is 21.7 Å². The van der Waals surface area contributed by atoms with E-state index < -0.39 is 15.9 Å². The van der Waals surface area contributed by atoms with Crippen LogP contribution in [0.3, 0.4) is 0 Å². The zero-order valence-corrected chi connectivity index (χ0v) is 18.8. The molecule has 0 unspecified atom stereocenters. The van der Waals surface area contributed by atoms with Gasteiger partial charge in [-0.25, -0.2) is 8.42 Å². The van der Waals surface area contributed by atoms with Crippen LogP contribution < -0.4 is 15.4 Å². The van der Waals surface area contributed by atoms with Crippen molar-refractivity contribution >= 4 is 38.9 Å². The second-order valence-electron chi connectivity index (χ2n) is 6.79. The van der Waals surface area contributed by atoms with Crippen molar-refractivity contribution in [2.75, 3.05) is 38.2 Å². The van der Waals surface area contributed by atoms with Gasteiger partial charge in [-0.05, 0) is 55.0 Å². The Kier molecular flexibility index (Phi) is 7.97. The number of carbonyl (C=O) groups excluding carboxylic acids is 1. The van der Waals surface area contributed by atoms with Crippen molar-refractivity contribution in [1.82, 2.24) is 9.62 Å². The van der Waals surface area contributed by atoms with E-state index in [-0.39, 0.29) is 10.0 Å². The lowest BCUT2D eigenvalue weighted by atomic mass is 10.2. The minimum absolute atomic E-state index is 0.0964. The first-order valence-corrected chi connectivity index (χ1v) is 11.8. The quantitative estimate of drug-likeness (QED) is 0.609. The molecule has 0 saturated carbocycles. The van der Waals surface area contributed by atoms with Crippen LogP contribution in [-0.4, -0.2) is 56.7 Å². The molecule has 2 aromatic rings. The number of ether oxygens (including phenoxy) is 2. The summed E-state index contributed by atoms with van der Waals surface area (Å²) in [6.07, 6.45) is 0.827. The van der Waals surface area contributed by atoms with Gasteiger partial charge in [-0.3, -0.25) is 10.1 Å². The third kappa shape index (κ3) is 6.01. The molecule has 1 fully saturated rings. The lowest BCUT2D eigenvalue weighted by Gasteiger charge is -2.26. The normalized spacial score (nSPS) is 14.6. The molecule has 0 atom stereocenters. The Morgan fingerprint density at radius 3 is 2.48 bits per heavy atom. The van der Waals surface area contributed by atoms with E-state index in [9.17, 15) is 13.2 Å². The van der Waals surface area contributed by atoms with E-state index in [2.05, 4.69) is 10.6 Å². The second-order valence-corrected chi connectivity index (χ2v) is 9.14. The molecule has 1 aliphatic rings. The average molecular weight is 464 g/mol. The van der Waals surface area contributed by atoms with Crippen LogP contribution in [0.2, 0.25) is 0 Å².